The average molecular weight is 415 g/mol. The fraction of sp³-hybridized carbons (Fsp3) is 0.273. The summed E-state index contributed by atoms with van der Waals surface area (Å²) < 4.78 is 23.9. The molecule has 7 heteroatoms. The predicted octanol–water partition coefficient (Wildman–Crippen LogP) is 4.43. The minimum atomic E-state index is -0.308. The van der Waals surface area contributed by atoms with Crippen LogP contribution in [0.3, 0.4) is 0 Å². The molecule has 0 spiro atoms. The number of amides is 1. The standard InChI is InChI=1S/C22H23FN2O3S/c1-3-27-19-8-4-16(5-9-19)22-24-18(15-29-22)14-21(26)25(2)12-13-28-20-10-6-17(23)7-11-20/h4-11,15H,3,12-14H2,1-2H3. The Balaban J connectivity index is 1.49. The molecule has 2 aromatic carbocycles. The molecule has 0 fully saturated rings. The molecule has 0 atom stereocenters. The highest BCUT2D eigenvalue weighted by Gasteiger charge is 2.13. The third kappa shape index (κ3) is 6.02. The normalized spacial score (nSPS) is 10.6. The summed E-state index contributed by atoms with van der Waals surface area (Å²) in [6.45, 7) is 3.35. The summed E-state index contributed by atoms with van der Waals surface area (Å²) in [4.78, 5) is 18.6. The molecule has 1 amide bonds. The second-order valence-electron chi connectivity index (χ2n) is 6.40. The number of thiazole rings is 1. The number of hydrogen-bond donors (Lipinski definition) is 0. The van der Waals surface area contributed by atoms with Gasteiger partial charge in [0.2, 0.25) is 5.91 Å². The lowest BCUT2D eigenvalue weighted by molar-refractivity contribution is -0.129. The molecule has 3 aromatic rings. The van der Waals surface area contributed by atoms with Gasteiger partial charge >= 0.3 is 0 Å². The maximum absolute atomic E-state index is 12.9. The first kappa shape index (κ1) is 20.8. The highest BCUT2D eigenvalue weighted by molar-refractivity contribution is 7.13. The second kappa shape index (κ2) is 10.0. The monoisotopic (exact) mass is 414 g/mol. The van der Waals surface area contributed by atoms with Gasteiger partial charge in [-0.2, -0.15) is 0 Å². The number of benzene rings is 2. The maximum atomic E-state index is 12.9. The van der Waals surface area contributed by atoms with Crippen LogP contribution in [-0.2, 0) is 11.2 Å². The van der Waals surface area contributed by atoms with Crippen LogP contribution in [0.15, 0.2) is 53.9 Å². The number of hydrogen-bond acceptors (Lipinski definition) is 5. The topological polar surface area (TPSA) is 51.7 Å². The van der Waals surface area contributed by atoms with Crippen LogP contribution in [0.25, 0.3) is 10.6 Å². The van der Waals surface area contributed by atoms with E-state index in [0.29, 0.717) is 25.5 Å². The van der Waals surface area contributed by atoms with E-state index in [2.05, 4.69) is 4.98 Å². The Kier molecular flexibility index (Phi) is 7.19. The van der Waals surface area contributed by atoms with Crippen LogP contribution in [0, 0.1) is 5.82 Å². The SMILES string of the molecule is CCOc1ccc(-c2nc(CC(=O)N(C)CCOc3ccc(F)cc3)cs2)cc1. The third-order valence-corrected chi connectivity index (χ3v) is 5.17. The molecule has 3 rings (SSSR count). The summed E-state index contributed by atoms with van der Waals surface area (Å²) in [6, 6.07) is 13.6. The zero-order valence-corrected chi connectivity index (χ0v) is 17.2. The number of nitrogens with zero attached hydrogens (tertiary/aromatic N) is 2. The number of carbonyl (C=O) groups is 1. The summed E-state index contributed by atoms with van der Waals surface area (Å²) in [5, 5.41) is 2.78. The van der Waals surface area contributed by atoms with Gasteiger partial charge in [-0.05, 0) is 55.5 Å². The molecule has 1 aromatic heterocycles. The van der Waals surface area contributed by atoms with Crippen LogP contribution in [0.5, 0.6) is 11.5 Å². The summed E-state index contributed by atoms with van der Waals surface area (Å²) in [6.07, 6.45) is 0.237. The third-order valence-electron chi connectivity index (χ3n) is 4.23. The van der Waals surface area contributed by atoms with Gasteiger partial charge in [0.05, 0.1) is 25.3 Å². The van der Waals surface area contributed by atoms with Crippen molar-refractivity contribution in [1.82, 2.24) is 9.88 Å². The molecule has 5 nitrogen and oxygen atoms in total. The van der Waals surface area contributed by atoms with E-state index in [1.807, 2.05) is 36.6 Å². The zero-order chi connectivity index (χ0) is 20.6. The van der Waals surface area contributed by atoms with Gasteiger partial charge in [-0.15, -0.1) is 11.3 Å². The fourth-order valence-corrected chi connectivity index (χ4v) is 3.45. The van der Waals surface area contributed by atoms with E-state index in [-0.39, 0.29) is 18.1 Å². The van der Waals surface area contributed by atoms with Crippen LogP contribution in [-0.4, -0.2) is 42.6 Å². The average Bonchev–Trinajstić information content (AvgIpc) is 3.18. The number of ether oxygens (including phenoxy) is 2. The minimum absolute atomic E-state index is 0.0313. The van der Waals surface area contributed by atoms with Gasteiger partial charge in [0, 0.05) is 18.0 Å². The first-order valence-electron chi connectivity index (χ1n) is 9.35. The summed E-state index contributed by atoms with van der Waals surface area (Å²) in [5.74, 6) is 1.06. The molecule has 0 N–H and O–H groups in total. The van der Waals surface area contributed by atoms with Crippen LogP contribution in [0.1, 0.15) is 12.6 Å². The highest BCUT2D eigenvalue weighted by Crippen LogP contribution is 2.26. The van der Waals surface area contributed by atoms with Gasteiger partial charge in [0.1, 0.15) is 28.9 Å². The Morgan fingerprint density at radius 2 is 1.72 bits per heavy atom. The molecule has 1 heterocycles. The van der Waals surface area contributed by atoms with E-state index < -0.39 is 0 Å². The highest BCUT2D eigenvalue weighted by atomic mass is 32.1. The van der Waals surface area contributed by atoms with Gasteiger partial charge in [-0.1, -0.05) is 0 Å². The Hall–Kier alpha value is -2.93. The lowest BCUT2D eigenvalue weighted by Crippen LogP contribution is -2.32. The maximum Gasteiger partial charge on any atom is 0.228 e. The van der Waals surface area contributed by atoms with Crippen LogP contribution < -0.4 is 9.47 Å². The van der Waals surface area contributed by atoms with Crippen molar-refractivity contribution >= 4 is 17.2 Å². The van der Waals surface area contributed by atoms with Gasteiger partial charge < -0.3 is 14.4 Å². The molecule has 0 aliphatic carbocycles. The number of rotatable bonds is 9. The van der Waals surface area contributed by atoms with Crippen LogP contribution in [0.4, 0.5) is 4.39 Å². The van der Waals surface area contributed by atoms with Crippen molar-refractivity contribution in [2.75, 3.05) is 26.8 Å². The van der Waals surface area contributed by atoms with Crippen molar-refractivity contribution in [2.24, 2.45) is 0 Å². The minimum Gasteiger partial charge on any atom is -0.494 e. The summed E-state index contributed by atoms with van der Waals surface area (Å²) in [7, 11) is 1.73. The Bertz CT molecular complexity index is 926. The molecular weight excluding hydrogens is 391 g/mol. The van der Waals surface area contributed by atoms with E-state index in [0.717, 1.165) is 22.0 Å². The zero-order valence-electron chi connectivity index (χ0n) is 16.4. The number of aromatic nitrogens is 1. The Morgan fingerprint density at radius 3 is 2.41 bits per heavy atom. The summed E-state index contributed by atoms with van der Waals surface area (Å²) >= 11 is 1.51. The molecule has 0 saturated carbocycles. The lowest BCUT2D eigenvalue weighted by Gasteiger charge is -2.17. The number of halogens is 1. The van der Waals surface area contributed by atoms with Crippen LogP contribution >= 0.6 is 11.3 Å². The quantitative estimate of drug-likeness (QED) is 0.520. The predicted molar refractivity (Wildman–Crippen MR) is 112 cm³/mol. The molecular formula is C22H23FN2O3S. The number of carbonyl (C=O) groups excluding carboxylic acids is 1. The van der Waals surface area contributed by atoms with E-state index in [9.17, 15) is 9.18 Å². The summed E-state index contributed by atoms with van der Waals surface area (Å²) in [5.41, 5.74) is 1.74. The van der Waals surface area contributed by atoms with E-state index in [4.69, 9.17) is 9.47 Å². The first-order chi connectivity index (χ1) is 14.0. The molecule has 0 unspecified atom stereocenters. The van der Waals surface area contributed by atoms with Gasteiger partial charge in [0.25, 0.3) is 0 Å². The Morgan fingerprint density at radius 1 is 1.07 bits per heavy atom. The van der Waals surface area contributed by atoms with Crippen molar-refractivity contribution in [3.8, 4) is 22.1 Å². The molecule has 0 aliphatic heterocycles. The van der Waals surface area contributed by atoms with E-state index in [1.165, 1.54) is 23.5 Å². The van der Waals surface area contributed by atoms with Gasteiger partial charge in [-0.3, -0.25) is 4.79 Å². The van der Waals surface area contributed by atoms with E-state index >= 15 is 0 Å². The molecule has 29 heavy (non-hydrogen) atoms. The largest absolute Gasteiger partial charge is 0.494 e. The van der Waals surface area contributed by atoms with Gasteiger partial charge in [-0.25, -0.2) is 9.37 Å². The van der Waals surface area contributed by atoms with Crippen molar-refractivity contribution in [3.05, 3.63) is 65.4 Å². The van der Waals surface area contributed by atoms with Gasteiger partial charge in [0.15, 0.2) is 0 Å². The molecule has 0 aliphatic rings. The van der Waals surface area contributed by atoms with Crippen molar-refractivity contribution in [3.63, 3.8) is 0 Å². The molecule has 0 bridgehead atoms. The molecule has 152 valence electrons. The van der Waals surface area contributed by atoms with E-state index in [1.54, 1.807) is 24.1 Å². The van der Waals surface area contributed by atoms with Crippen molar-refractivity contribution < 1.29 is 18.7 Å². The molecule has 0 saturated heterocycles. The van der Waals surface area contributed by atoms with Crippen molar-refractivity contribution in [2.45, 2.75) is 13.3 Å². The fourth-order valence-electron chi connectivity index (χ4n) is 2.63. The Labute approximate surface area is 173 Å². The second-order valence-corrected chi connectivity index (χ2v) is 7.25. The number of likely N-dealkylation sites (N-methyl/N-ethyl adjacent to an activating group) is 1. The van der Waals surface area contributed by atoms with Crippen LogP contribution in [0.2, 0.25) is 0 Å². The molecule has 0 radical (unpaired) electrons. The lowest BCUT2D eigenvalue weighted by atomic mass is 10.2. The van der Waals surface area contributed by atoms with Crippen molar-refractivity contribution in [1.29, 1.82) is 0 Å². The smallest absolute Gasteiger partial charge is 0.228 e. The first-order valence-corrected chi connectivity index (χ1v) is 10.2.